The summed E-state index contributed by atoms with van der Waals surface area (Å²) in [5, 5.41) is 3.25. The minimum Gasteiger partial charge on any atom is -0.331 e. The quantitative estimate of drug-likeness (QED) is 0.861. The number of hydrogen-bond acceptors (Lipinski definition) is 4. The van der Waals surface area contributed by atoms with Gasteiger partial charge in [-0.05, 0) is 30.0 Å². The minimum atomic E-state index is -3.64. The van der Waals surface area contributed by atoms with Gasteiger partial charge in [-0.1, -0.05) is 29.4 Å². The average molecular weight is 300 g/mol. The molecule has 1 aliphatic carbocycles. The molecule has 0 aliphatic heterocycles. The highest BCUT2D eigenvalue weighted by atomic mass is 35.5. The van der Waals surface area contributed by atoms with E-state index in [1.807, 2.05) is 12.1 Å². The Labute approximate surface area is 119 Å². The Morgan fingerprint density at radius 2 is 2.00 bits per heavy atom. The highest BCUT2D eigenvalue weighted by molar-refractivity contribution is 6.21. The van der Waals surface area contributed by atoms with Crippen LogP contribution in [0.15, 0.2) is 28.8 Å². The van der Waals surface area contributed by atoms with E-state index in [-0.39, 0.29) is 5.82 Å². The molecule has 1 fully saturated rings. The maximum absolute atomic E-state index is 12.8. The molecule has 1 N–H and O–H groups in total. The second-order valence-corrected chi connectivity index (χ2v) is 5.25. The fourth-order valence-electron chi connectivity index (χ4n) is 1.78. The number of halogens is 3. The Balaban J connectivity index is 1.71. The van der Waals surface area contributed by atoms with Crippen LogP contribution in [0.25, 0.3) is 11.4 Å². The van der Waals surface area contributed by atoms with Crippen molar-refractivity contribution < 1.29 is 13.3 Å². The Hall–Kier alpha value is -1.53. The summed E-state index contributed by atoms with van der Waals surface area (Å²) in [4.78, 5) is 3.59. The summed E-state index contributed by atoms with van der Waals surface area (Å²) in [6, 6.07) is 7.98. The summed E-state index contributed by atoms with van der Waals surface area (Å²) in [7, 11) is 0. The summed E-state index contributed by atoms with van der Waals surface area (Å²) in [5.74, 6) is -0.796. The summed E-state index contributed by atoms with van der Waals surface area (Å²) >= 11 is 4.82. The van der Waals surface area contributed by atoms with Crippen molar-refractivity contribution in [3.8, 4) is 11.4 Å². The molecule has 0 amide bonds. The van der Waals surface area contributed by atoms with Gasteiger partial charge in [-0.15, -0.1) is 0 Å². The third-order valence-corrected chi connectivity index (χ3v) is 3.21. The van der Waals surface area contributed by atoms with Crippen molar-refractivity contribution in [2.75, 3.05) is 0 Å². The lowest BCUT2D eigenvalue weighted by molar-refractivity contribution is 0.0551. The number of nitrogens with one attached hydrogen (secondary N) is 1. The lowest BCUT2D eigenvalue weighted by atomic mass is 10.1. The first-order valence-corrected chi connectivity index (χ1v) is 6.64. The van der Waals surface area contributed by atoms with Crippen LogP contribution in [0.4, 0.5) is 8.78 Å². The number of benzene rings is 1. The van der Waals surface area contributed by atoms with E-state index in [0.717, 1.165) is 12.1 Å². The Morgan fingerprint density at radius 3 is 2.55 bits per heavy atom. The van der Waals surface area contributed by atoms with E-state index >= 15 is 0 Å². The molecule has 0 bridgehead atoms. The van der Waals surface area contributed by atoms with Gasteiger partial charge in [-0.25, -0.2) is 0 Å². The Kier molecular flexibility index (Phi) is 3.43. The van der Waals surface area contributed by atoms with E-state index in [2.05, 4.69) is 20.0 Å². The molecule has 0 atom stereocenters. The molecule has 7 heteroatoms. The SMILES string of the molecule is FC(F)(Cl)c1nc(-c2ccc(CNC3CC3)cc2)no1. The van der Waals surface area contributed by atoms with Crippen LogP contribution in [0.1, 0.15) is 24.3 Å². The highest BCUT2D eigenvalue weighted by Crippen LogP contribution is 2.32. The molecule has 1 saturated carbocycles. The van der Waals surface area contributed by atoms with E-state index in [4.69, 9.17) is 11.6 Å². The molecular formula is C13H12ClF2N3O. The normalized spacial score (nSPS) is 15.6. The molecule has 3 rings (SSSR count). The van der Waals surface area contributed by atoms with Gasteiger partial charge in [0.1, 0.15) is 0 Å². The van der Waals surface area contributed by atoms with Crippen molar-refractivity contribution in [2.45, 2.75) is 30.8 Å². The highest BCUT2D eigenvalue weighted by Gasteiger charge is 2.35. The molecule has 1 heterocycles. The van der Waals surface area contributed by atoms with Gasteiger partial charge in [0.05, 0.1) is 0 Å². The molecule has 2 aromatic rings. The summed E-state index contributed by atoms with van der Waals surface area (Å²) in [6.45, 7) is 0.794. The van der Waals surface area contributed by atoms with Gasteiger partial charge in [0, 0.05) is 18.2 Å². The molecule has 1 aromatic heterocycles. The smallest absolute Gasteiger partial charge is 0.331 e. The number of rotatable bonds is 5. The predicted molar refractivity (Wildman–Crippen MR) is 69.3 cm³/mol. The van der Waals surface area contributed by atoms with E-state index in [1.165, 1.54) is 12.8 Å². The molecule has 0 unspecified atom stereocenters. The average Bonchev–Trinajstić information content (AvgIpc) is 3.09. The predicted octanol–water partition coefficient (Wildman–Crippen LogP) is 3.28. The van der Waals surface area contributed by atoms with Crippen molar-refractivity contribution in [3.63, 3.8) is 0 Å². The van der Waals surface area contributed by atoms with Gasteiger partial charge >= 0.3 is 11.3 Å². The zero-order chi connectivity index (χ0) is 14.2. The first-order valence-electron chi connectivity index (χ1n) is 6.26. The zero-order valence-electron chi connectivity index (χ0n) is 10.4. The van der Waals surface area contributed by atoms with Crippen LogP contribution in [-0.2, 0) is 11.9 Å². The molecule has 1 aromatic carbocycles. The lowest BCUT2D eigenvalue weighted by Gasteiger charge is -2.03. The van der Waals surface area contributed by atoms with Crippen molar-refractivity contribution in [1.29, 1.82) is 0 Å². The maximum atomic E-state index is 12.8. The third kappa shape index (κ3) is 3.13. The third-order valence-electron chi connectivity index (χ3n) is 3.05. The van der Waals surface area contributed by atoms with Gasteiger partial charge < -0.3 is 9.84 Å². The molecule has 1 aliphatic rings. The van der Waals surface area contributed by atoms with E-state index in [0.29, 0.717) is 11.6 Å². The minimum absolute atomic E-state index is 0.0991. The zero-order valence-corrected chi connectivity index (χ0v) is 11.2. The largest absolute Gasteiger partial charge is 0.400 e. The monoisotopic (exact) mass is 299 g/mol. The first kappa shape index (κ1) is 13.5. The first-order chi connectivity index (χ1) is 9.52. The summed E-state index contributed by atoms with van der Waals surface area (Å²) in [5.41, 5.74) is 1.73. The summed E-state index contributed by atoms with van der Waals surface area (Å²) in [6.07, 6.45) is 2.46. The number of alkyl halides is 3. The van der Waals surface area contributed by atoms with Gasteiger partial charge in [-0.3, -0.25) is 0 Å². The van der Waals surface area contributed by atoms with E-state index < -0.39 is 11.3 Å². The number of nitrogens with zero attached hydrogens (tertiary/aromatic N) is 2. The fraction of sp³-hybridized carbons (Fsp3) is 0.385. The van der Waals surface area contributed by atoms with Gasteiger partial charge in [0.2, 0.25) is 5.82 Å². The number of aromatic nitrogens is 2. The van der Waals surface area contributed by atoms with Crippen molar-refractivity contribution in [1.82, 2.24) is 15.5 Å². The molecule has 0 spiro atoms. The topological polar surface area (TPSA) is 51.0 Å². The Bertz CT molecular complexity index is 590. The second kappa shape index (κ2) is 5.10. The molecule has 106 valence electrons. The maximum Gasteiger partial charge on any atom is 0.400 e. The standard InChI is InChI=1S/C13H12ClF2N3O/c14-13(15,16)12-18-11(19-20-12)9-3-1-8(2-4-9)7-17-10-5-6-10/h1-4,10,17H,5-7H2. The van der Waals surface area contributed by atoms with Crippen molar-refractivity contribution in [2.24, 2.45) is 0 Å². The van der Waals surface area contributed by atoms with Gasteiger partial charge in [0.15, 0.2) is 0 Å². The second-order valence-electron chi connectivity index (χ2n) is 4.77. The van der Waals surface area contributed by atoms with E-state index in [1.54, 1.807) is 12.1 Å². The van der Waals surface area contributed by atoms with Crippen LogP contribution in [0.3, 0.4) is 0 Å². The van der Waals surface area contributed by atoms with Crippen LogP contribution in [-0.4, -0.2) is 16.2 Å². The van der Waals surface area contributed by atoms with Crippen molar-refractivity contribution in [3.05, 3.63) is 35.7 Å². The Morgan fingerprint density at radius 1 is 1.30 bits per heavy atom. The van der Waals surface area contributed by atoms with Crippen LogP contribution in [0.2, 0.25) is 0 Å². The van der Waals surface area contributed by atoms with Crippen LogP contribution < -0.4 is 5.32 Å². The van der Waals surface area contributed by atoms with E-state index in [9.17, 15) is 8.78 Å². The molecule has 4 nitrogen and oxygen atoms in total. The van der Waals surface area contributed by atoms with Crippen molar-refractivity contribution >= 4 is 11.6 Å². The van der Waals surface area contributed by atoms with Gasteiger partial charge in [-0.2, -0.15) is 13.8 Å². The van der Waals surface area contributed by atoms with Crippen LogP contribution >= 0.6 is 11.6 Å². The molecule has 20 heavy (non-hydrogen) atoms. The fourth-order valence-corrected chi connectivity index (χ4v) is 1.85. The number of hydrogen-bond donors (Lipinski definition) is 1. The van der Waals surface area contributed by atoms with Crippen LogP contribution in [0, 0.1) is 0 Å². The molecule has 0 saturated heterocycles. The molecular weight excluding hydrogens is 288 g/mol. The molecule has 0 radical (unpaired) electrons. The lowest BCUT2D eigenvalue weighted by Crippen LogP contribution is -2.15. The van der Waals surface area contributed by atoms with Gasteiger partial charge in [0.25, 0.3) is 0 Å². The van der Waals surface area contributed by atoms with Crippen LogP contribution in [0.5, 0.6) is 0 Å². The summed E-state index contributed by atoms with van der Waals surface area (Å²) < 4.78 is 30.0.